The van der Waals surface area contributed by atoms with Gasteiger partial charge in [0.05, 0.1) is 5.92 Å². The molecule has 3 heterocycles. The normalized spacial score (nSPS) is 16.9. The molecule has 1 aromatic carbocycles. The zero-order chi connectivity index (χ0) is 18.6. The van der Waals surface area contributed by atoms with Gasteiger partial charge in [-0.05, 0) is 43.2 Å². The van der Waals surface area contributed by atoms with Gasteiger partial charge in [0.1, 0.15) is 12.7 Å². The van der Waals surface area contributed by atoms with Crippen LogP contribution in [0.25, 0.3) is 5.82 Å². The highest BCUT2D eigenvalue weighted by atomic mass is 79.9. The quantitative estimate of drug-likeness (QED) is 0.688. The summed E-state index contributed by atoms with van der Waals surface area (Å²) in [6.45, 7) is 1.48. The Morgan fingerprint density at radius 3 is 2.78 bits per heavy atom. The molecule has 1 aliphatic heterocycles. The number of nitrogens with zero attached hydrogens (tertiary/aromatic N) is 6. The van der Waals surface area contributed by atoms with Crippen LogP contribution in [0.4, 0.5) is 11.5 Å². The lowest BCUT2D eigenvalue weighted by Gasteiger charge is -2.32. The van der Waals surface area contributed by atoms with Crippen molar-refractivity contribution < 1.29 is 4.79 Å². The first-order valence-electron chi connectivity index (χ1n) is 8.69. The number of benzene rings is 1. The summed E-state index contributed by atoms with van der Waals surface area (Å²) < 4.78 is 2.50. The molecule has 9 heteroatoms. The number of rotatable bonds is 4. The van der Waals surface area contributed by atoms with Crippen LogP contribution in [-0.2, 0) is 4.79 Å². The number of halogens is 1. The monoisotopic (exact) mass is 427 g/mol. The molecule has 3 aromatic rings. The van der Waals surface area contributed by atoms with Crippen molar-refractivity contribution in [3.05, 3.63) is 53.5 Å². The minimum atomic E-state index is -0.0884. The zero-order valence-corrected chi connectivity index (χ0v) is 16.1. The number of aromatic nitrogens is 5. The summed E-state index contributed by atoms with van der Waals surface area (Å²) in [5, 5.41) is 15.5. The molecule has 8 nitrogen and oxygen atoms in total. The summed E-state index contributed by atoms with van der Waals surface area (Å²) in [5.74, 6) is 1.32. The summed E-state index contributed by atoms with van der Waals surface area (Å²) in [4.78, 5) is 18.7. The molecule has 0 aliphatic carbocycles. The molecular weight excluding hydrogens is 410 g/mol. The maximum Gasteiger partial charge on any atom is 0.229 e. The Balaban J connectivity index is 1.42. The summed E-state index contributed by atoms with van der Waals surface area (Å²) in [6, 6.07) is 11.4. The van der Waals surface area contributed by atoms with Gasteiger partial charge in [0.25, 0.3) is 0 Å². The molecule has 1 aliphatic rings. The second kappa shape index (κ2) is 7.83. The van der Waals surface area contributed by atoms with Crippen LogP contribution in [0.15, 0.2) is 53.5 Å². The van der Waals surface area contributed by atoms with Gasteiger partial charge in [-0.3, -0.25) is 4.79 Å². The highest BCUT2D eigenvalue weighted by Crippen LogP contribution is 2.23. The predicted octanol–water partition coefficient (Wildman–Crippen LogP) is 2.67. The fourth-order valence-corrected chi connectivity index (χ4v) is 3.54. The zero-order valence-electron chi connectivity index (χ0n) is 14.5. The van der Waals surface area contributed by atoms with Gasteiger partial charge in [0.15, 0.2) is 11.6 Å². The van der Waals surface area contributed by atoms with Crippen molar-refractivity contribution in [2.75, 3.05) is 23.3 Å². The van der Waals surface area contributed by atoms with E-state index in [9.17, 15) is 4.79 Å². The molecule has 138 valence electrons. The number of hydrogen-bond donors (Lipinski definition) is 1. The molecule has 1 amide bonds. The largest absolute Gasteiger partial charge is 0.354 e. The van der Waals surface area contributed by atoms with Gasteiger partial charge in [0, 0.05) is 23.2 Å². The van der Waals surface area contributed by atoms with Crippen molar-refractivity contribution in [2.24, 2.45) is 5.92 Å². The molecule has 2 aromatic heterocycles. The van der Waals surface area contributed by atoms with Crippen molar-refractivity contribution >= 4 is 33.3 Å². The average Bonchev–Trinajstić information content (AvgIpc) is 3.23. The Morgan fingerprint density at radius 1 is 1.19 bits per heavy atom. The van der Waals surface area contributed by atoms with Crippen molar-refractivity contribution in [1.82, 2.24) is 25.0 Å². The van der Waals surface area contributed by atoms with Gasteiger partial charge in [-0.25, -0.2) is 9.67 Å². The topological polar surface area (TPSA) is 88.8 Å². The number of anilines is 2. The van der Waals surface area contributed by atoms with Crippen LogP contribution in [0, 0.1) is 5.92 Å². The SMILES string of the molecule is O=C(Nc1cccc(Br)c1)C1CCCN(c2ccc(-n3cncn3)nn2)C1. The Morgan fingerprint density at radius 2 is 2.04 bits per heavy atom. The molecule has 1 unspecified atom stereocenters. The second-order valence-corrected chi connectivity index (χ2v) is 7.29. The van der Waals surface area contributed by atoms with Crippen LogP contribution in [0.2, 0.25) is 0 Å². The third-order valence-electron chi connectivity index (χ3n) is 4.50. The fraction of sp³-hybridized carbons (Fsp3) is 0.278. The van der Waals surface area contributed by atoms with E-state index in [4.69, 9.17) is 0 Å². The Labute approximate surface area is 164 Å². The summed E-state index contributed by atoms with van der Waals surface area (Å²) in [5.41, 5.74) is 0.795. The van der Waals surface area contributed by atoms with E-state index in [-0.39, 0.29) is 11.8 Å². The lowest BCUT2D eigenvalue weighted by atomic mass is 9.97. The van der Waals surface area contributed by atoms with Crippen LogP contribution in [0.1, 0.15) is 12.8 Å². The molecule has 27 heavy (non-hydrogen) atoms. The fourth-order valence-electron chi connectivity index (χ4n) is 3.15. The van der Waals surface area contributed by atoms with E-state index in [1.807, 2.05) is 36.4 Å². The van der Waals surface area contributed by atoms with Crippen LogP contribution in [0.3, 0.4) is 0 Å². The molecule has 0 bridgehead atoms. The summed E-state index contributed by atoms with van der Waals surface area (Å²) in [7, 11) is 0. The van der Waals surface area contributed by atoms with Crippen molar-refractivity contribution in [3.8, 4) is 5.82 Å². The Kier molecular flexibility index (Phi) is 5.10. The van der Waals surface area contributed by atoms with Crippen LogP contribution in [0.5, 0.6) is 0 Å². The Bertz CT molecular complexity index is 914. The van der Waals surface area contributed by atoms with E-state index in [0.29, 0.717) is 12.4 Å². The van der Waals surface area contributed by atoms with E-state index in [0.717, 1.165) is 35.4 Å². The molecule has 1 N–H and O–H groups in total. The number of nitrogens with one attached hydrogen (secondary N) is 1. The van der Waals surface area contributed by atoms with Crippen molar-refractivity contribution in [1.29, 1.82) is 0 Å². The Hall–Kier alpha value is -2.81. The van der Waals surface area contributed by atoms with Gasteiger partial charge in [-0.2, -0.15) is 5.10 Å². The van der Waals surface area contributed by atoms with Gasteiger partial charge >= 0.3 is 0 Å². The van der Waals surface area contributed by atoms with E-state index >= 15 is 0 Å². The molecule has 1 fully saturated rings. The second-order valence-electron chi connectivity index (χ2n) is 6.37. The van der Waals surface area contributed by atoms with Crippen LogP contribution >= 0.6 is 15.9 Å². The highest BCUT2D eigenvalue weighted by Gasteiger charge is 2.27. The lowest BCUT2D eigenvalue weighted by molar-refractivity contribution is -0.120. The predicted molar refractivity (Wildman–Crippen MR) is 105 cm³/mol. The molecule has 1 atom stereocenters. The van der Waals surface area contributed by atoms with Gasteiger partial charge < -0.3 is 10.2 Å². The minimum Gasteiger partial charge on any atom is -0.354 e. The highest BCUT2D eigenvalue weighted by molar-refractivity contribution is 9.10. The molecular formula is C18H18BrN7O. The van der Waals surface area contributed by atoms with Gasteiger partial charge in [-0.15, -0.1) is 10.2 Å². The van der Waals surface area contributed by atoms with Crippen LogP contribution < -0.4 is 10.2 Å². The first-order chi connectivity index (χ1) is 13.2. The van der Waals surface area contributed by atoms with Gasteiger partial charge in [-0.1, -0.05) is 22.0 Å². The molecule has 0 radical (unpaired) electrons. The number of amides is 1. The smallest absolute Gasteiger partial charge is 0.229 e. The summed E-state index contributed by atoms with van der Waals surface area (Å²) in [6.07, 6.45) is 4.82. The number of hydrogen-bond acceptors (Lipinski definition) is 6. The number of piperidine rings is 1. The van der Waals surface area contributed by atoms with E-state index in [1.54, 1.807) is 11.0 Å². The van der Waals surface area contributed by atoms with Crippen LogP contribution in [-0.4, -0.2) is 44.0 Å². The maximum absolute atomic E-state index is 12.7. The van der Waals surface area contributed by atoms with E-state index in [1.165, 1.54) is 6.33 Å². The third kappa shape index (κ3) is 4.13. The first-order valence-corrected chi connectivity index (χ1v) is 9.48. The molecule has 0 spiro atoms. The van der Waals surface area contributed by atoms with E-state index in [2.05, 4.69) is 46.4 Å². The van der Waals surface area contributed by atoms with Crippen molar-refractivity contribution in [2.45, 2.75) is 12.8 Å². The number of carbonyl (C=O) groups is 1. The van der Waals surface area contributed by atoms with Crippen molar-refractivity contribution in [3.63, 3.8) is 0 Å². The molecule has 0 saturated carbocycles. The standard InChI is InChI=1S/C18H18BrN7O/c19-14-4-1-5-15(9-14)22-18(27)13-3-2-8-25(10-13)16-6-7-17(24-23-16)26-12-20-11-21-26/h1,4-7,9,11-13H,2-3,8,10H2,(H,22,27). The maximum atomic E-state index is 12.7. The van der Waals surface area contributed by atoms with Gasteiger partial charge in [0.2, 0.25) is 5.91 Å². The first kappa shape index (κ1) is 17.6. The average molecular weight is 428 g/mol. The molecule has 1 saturated heterocycles. The third-order valence-corrected chi connectivity index (χ3v) is 4.99. The lowest BCUT2D eigenvalue weighted by Crippen LogP contribution is -2.41. The summed E-state index contributed by atoms with van der Waals surface area (Å²) >= 11 is 3.42. The minimum absolute atomic E-state index is 0.0324. The molecule has 4 rings (SSSR count). The number of carbonyl (C=O) groups excluding carboxylic acids is 1. The van der Waals surface area contributed by atoms with E-state index < -0.39 is 0 Å².